The zero-order valence-electron chi connectivity index (χ0n) is 12.9. The highest BCUT2D eigenvalue weighted by atomic mass is 32.1. The van der Waals surface area contributed by atoms with E-state index in [1.54, 1.807) is 6.92 Å². The average molecular weight is 363 g/mol. The van der Waals surface area contributed by atoms with Crippen molar-refractivity contribution in [2.24, 2.45) is 0 Å². The number of carbonyl (C=O) groups is 2. The summed E-state index contributed by atoms with van der Waals surface area (Å²) in [5.41, 5.74) is -0.826. The van der Waals surface area contributed by atoms with Gasteiger partial charge in [-0.1, -0.05) is 0 Å². The van der Waals surface area contributed by atoms with Crippen LogP contribution < -0.4 is 0 Å². The molecule has 0 unspecified atom stereocenters. The summed E-state index contributed by atoms with van der Waals surface area (Å²) in [6.07, 6.45) is -4.55. The van der Waals surface area contributed by atoms with E-state index in [1.165, 1.54) is 4.90 Å². The molecule has 2 aliphatic heterocycles. The molecule has 1 aromatic rings. The molecule has 1 amide bonds. The lowest BCUT2D eigenvalue weighted by molar-refractivity contribution is -0.134. The molecule has 0 radical (unpaired) electrons. The fourth-order valence-corrected chi connectivity index (χ4v) is 5.04. The van der Waals surface area contributed by atoms with E-state index < -0.39 is 22.7 Å². The van der Waals surface area contributed by atoms with Gasteiger partial charge in [0.1, 0.15) is 10.5 Å². The number of likely N-dealkylation sites (tertiary alicyclic amines) is 1. The fraction of sp³-hybridized carbons (Fsp3) is 0.600. The van der Waals surface area contributed by atoms with Gasteiger partial charge in [-0.25, -0.2) is 4.79 Å². The predicted molar refractivity (Wildman–Crippen MR) is 79.5 cm³/mol. The Bertz CT molecular complexity index is 687. The minimum Gasteiger partial charge on any atom is -0.465 e. The highest BCUT2D eigenvalue weighted by Gasteiger charge is 2.49. The standard InChI is InChI=1S/C15H16F3NO4S/c1-8-6-14(3-4-19(8)13(21)22)11-9(2-5-23-14)10(7-20)12(24-11)15(16,17)18/h7-8H,2-6H2,1H3,(H,21,22)/t8-,14+/m0/s1. The molecule has 1 aromatic heterocycles. The highest BCUT2D eigenvalue weighted by Crippen LogP contribution is 2.51. The monoisotopic (exact) mass is 363 g/mol. The fourth-order valence-electron chi connectivity index (χ4n) is 3.68. The number of rotatable bonds is 1. The number of alkyl halides is 3. The van der Waals surface area contributed by atoms with Gasteiger partial charge in [0.05, 0.1) is 6.61 Å². The molecule has 9 heteroatoms. The predicted octanol–water partition coefficient (Wildman–Crippen LogP) is 3.51. The van der Waals surface area contributed by atoms with Crippen molar-refractivity contribution in [3.63, 3.8) is 0 Å². The van der Waals surface area contributed by atoms with Crippen molar-refractivity contribution in [2.45, 2.75) is 44.0 Å². The van der Waals surface area contributed by atoms with E-state index in [9.17, 15) is 27.9 Å². The third-order valence-corrected chi connectivity index (χ3v) is 6.20. The van der Waals surface area contributed by atoms with Crippen LogP contribution in [0.3, 0.4) is 0 Å². The first-order valence-electron chi connectivity index (χ1n) is 7.51. The van der Waals surface area contributed by atoms with Gasteiger partial charge in [0.15, 0.2) is 6.29 Å². The van der Waals surface area contributed by atoms with Crippen LogP contribution in [0.1, 0.15) is 45.4 Å². The van der Waals surface area contributed by atoms with E-state index in [4.69, 9.17) is 4.74 Å². The van der Waals surface area contributed by atoms with Crippen molar-refractivity contribution in [1.29, 1.82) is 0 Å². The van der Waals surface area contributed by atoms with Gasteiger partial charge >= 0.3 is 12.3 Å². The lowest BCUT2D eigenvalue weighted by Gasteiger charge is -2.46. The highest BCUT2D eigenvalue weighted by molar-refractivity contribution is 7.12. The Labute approximate surface area is 140 Å². The van der Waals surface area contributed by atoms with Gasteiger partial charge in [0, 0.05) is 29.4 Å². The van der Waals surface area contributed by atoms with E-state index in [0.29, 0.717) is 21.8 Å². The first-order valence-corrected chi connectivity index (χ1v) is 8.33. The maximum Gasteiger partial charge on any atom is 0.426 e. The Morgan fingerprint density at radius 1 is 1.50 bits per heavy atom. The zero-order valence-corrected chi connectivity index (χ0v) is 13.7. The molecule has 24 heavy (non-hydrogen) atoms. The zero-order chi connectivity index (χ0) is 17.7. The molecule has 1 saturated heterocycles. The van der Waals surface area contributed by atoms with Gasteiger partial charge in [0.2, 0.25) is 0 Å². The molecular formula is C15H16F3NO4S. The largest absolute Gasteiger partial charge is 0.465 e. The lowest BCUT2D eigenvalue weighted by Crippen LogP contribution is -2.51. The summed E-state index contributed by atoms with van der Waals surface area (Å²) in [5, 5.41) is 9.18. The third-order valence-electron chi connectivity index (χ3n) is 4.73. The van der Waals surface area contributed by atoms with Gasteiger partial charge in [-0.3, -0.25) is 4.79 Å². The molecule has 3 rings (SSSR count). The molecule has 0 bridgehead atoms. The molecule has 1 spiro atoms. The second-order valence-electron chi connectivity index (χ2n) is 6.14. The number of nitrogens with zero attached hydrogens (tertiary/aromatic N) is 1. The number of halogens is 3. The molecule has 2 atom stereocenters. The van der Waals surface area contributed by atoms with E-state index in [-0.39, 0.29) is 50.3 Å². The van der Waals surface area contributed by atoms with Gasteiger partial charge in [-0.2, -0.15) is 13.2 Å². The summed E-state index contributed by atoms with van der Waals surface area (Å²) in [4.78, 5) is 23.3. The molecule has 5 nitrogen and oxygen atoms in total. The molecule has 3 heterocycles. The Kier molecular flexibility index (Phi) is 4.11. The molecule has 0 aromatic carbocycles. The number of carboxylic acid groups (broad SMARTS) is 1. The molecule has 2 aliphatic rings. The summed E-state index contributed by atoms with van der Waals surface area (Å²) in [6, 6.07) is -0.377. The maximum absolute atomic E-state index is 13.2. The van der Waals surface area contributed by atoms with Crippen molar-refractivity contribution < 1.29 is 32.6 Å². The number of piperidine rings is 1. The van der Waals surface area contributed by atoms with Crippen LogP contribution in [0.25, 0.3) is 0 Å². The van der Waals surface area contributed by atoms with Crippen LogP contribution in [-0.4, -0.2) is 41.6 Å². The van der Waals surface area contributed by atoms with E-state index in [0.717, 1.165) is 0 Å². The van der Waals surface area contributed by atoms with Gasteiger partial charge in [-0.15, -0.1) is 11.3 Å². The van der Waals surface area contributed by atoms with Crippen LogP contribution in [0.4, 0.5) is 18.0 Å². The van der Waals surface area contributed by atoms with Crippen LogP contribution in [0.2, 0.25) is 0 Å². The van der Waals surface area contributed by atoms with Crippen LogP contribution >= 0.6 is 11.3 Å². The first-order chi connectivity index (χ1) is 11.2. The SMILES string of the molecule is C[C@H]1C[C@@]2(CCN1C(=O)O)OCCc1c2sc(C(F)(F)F)c1C=O. The quantitative estimate of drug-likeness (QED) is 0.776. The Hall–Kier alpha value is -1.61. The number of ether oxygens (including phenoxy) is 1. The molecular weight excluding hydrogens is 347 g/mol. The van der Waals surface area contributed by atoms with Crippen LogP contribution in [0.15, 0.2) is 0 Å². The summed E-state index contributed by atoms with van der Waals surface area (Å²) in [6.45, 7) is 2.12. The third kappa shape index (κ3) is 2.59. The summed E-state index contributed by atoms with van der Waals surface area (Å²) in [5.74, 6) is 0. The van der Waals surface area contributed by atoms with Crippen LogP contribution in [-0.2, 0) is 22.9 Å². The second kappa shape index (κ2) is 5.73. The Morgan fingerprint density at radius 2 is 2.21 bits per heavy atom. The van der Waals surface area contributed by atoms with E-state index in [1.807, 2.05) is 0 Å². The number of amides is 1. The number of hydrogen-bond donors (Lipinski definition) is 1. The van der Waals surface area contributed by atoms with Crippen molar-refractivity contribution in [3.8, 4) is 0 Å². The van der Waals surface area contributed by atoms with Crippen molar-refractivity contribution in [1.82, 2.24) is 4.90 Å². The van der Waals surface area contributed by atoms with Gasteiger partial charge in [0.25, 0.3) is 0 Å². The molecule has 1 N–H and O–H groups in total. The lowest BCUT2D eigenvalue weighted by atomic mass is 9.81. The smallest absolute Gasteiger partial charge is 0.426 e. The second-order valence-corrected chi connectivity index (χ2v) is 7.16. The number of aldehydes is 1. The first kappa shape index (κ1) is 17.2. The minimum absolute atomic E-state index is 0.186. The van der Waals surface area contributed by atoms with E-state index >= 15 is 0 Å². The molecule has 132 valence electrons. The van der Waals surface area contributed by atoms with Gasteiger partial charge in [-0.05, 0) is 25.3 Å². The summed E-state index contributed by atoms with van der Waals surface area (Å²) < 4.78 is 45.6. The van der Waals surface area contributed by atoms with E-state index in [2.05, 4.69) is 0 Å². The average Bonchev–Trinajstić information content (AvgIpc) is 2.87. The van der Waals surface area contributed by atoms with Crippen molar-refractivity contribution in [2.75, 3.05) is 13.2 Å². The van der Waals surface area contributed by atoms with Gasteiger partial charge < -0.3 is 14.7 Å². The molecule has 1 fully saturated rings. The summed E-state index contributed by atoms with van der Waals surface area (Å²) in [7, 11) is 0. The van der Waals surface area contributed by atoms with Crippen LogP contribution in [0, 0.1) is 0 Å². The number of hydrogen-bond acceptors (Lipinski definition) is 4. The number of carbonyl (C=O) groups excluding carboxylic acids is 1. The minimum atomic E-state index is -4.59. The number of thiophene rings is 1. The number of fused-ring (bicyclic) bond motifs is 2. The maximum atomic E-state index is 13.2. The molecule has 0 aliphatic carbocycles. The summed E-state index contributed by atoms with van der Waals surface area (Å²) >= 11 is 0.563. The van der Waals surface area contributed by atoms with Crippen LogP contribution in [0.5, 0.6) is 0 Å². The topological polar surface area (TPSA) is 66.8 Å². The van der Waals surface area contributed by atoms with Crippen molar-refractivity contribution in [3.05, 3.63) is 20.9 Å². The molecule has 0 saturated carbocycles. The Balaban J connectivity index is 2.06. The van der Waals surface area contributed by atoms with Crippen molar-refractivity contribution >= 4 is 23.7 Å². The Morgan fingerprint density at radius 3 is 2.75 bits per heavy atom. The normalized spacial score (nSPS) is 27.2.